The Labute approximate surface area is 117 Å². The molecule has 0 saturated carbocycles. The highest BCUT2D eigenvalue weighted by Gasteiger charge is 2.23. The van der Waals surface area contributed by atoms with Crippen LogP contribution in [0.2, 0.25) is 0 Å². The number of carboxylic acid groups (broad SMARTS) is 1. The van der Waals surface area contributed by atoms with E-state index in [-0.39, 0.29) is 6.42 Å². The quantitative estimate of drug-likeness (QED) is 0.850. The Hall–Kier alpha value is -2.05. The second-order valence-electron chi connectivity index (χ2n) is 5.60. The number of amides is 1. The highest BCUT2D eigenvalue weighted by atomic mass is 16.6. The number of rotatable bonds is 5. The molecule has 1 amide bonds. The van der Waals surface area contributed by atoms with Crippen molar-refractivity contribution in [3.05, 3.63) is 18.0 Å². The number of carboxylic acids is 1. The minimum Gasteiger partial charge on any atom is -0.480 e. The lowest BCUT2D eigenvalue weighted by molar-refractivity contribution is -0.139. The smallest absolute Gasteiger partial charge is 0.408 e. The van der Waals surface area contributed by atoms with Crippen molar-refractivity contribution < 1.29 is 19.4 Å². The van der Waals surface area contributed by atoms with Crippen LogP contribution in [-0.4, -0.2) is 38.6 Å². The number of nitrogens with zero attached hydrogens (tertiary/aromatic N) is 2. The molecule has 7 heteroatoms. The van der Waals surface area contributed by atoms with Crippen molar-refractivity contribution in [2.45, 2.75) is 45.3 Å². The Morgan fingerprint density at radius 1 is 1.50 bits per heavy atom. The molecular weight excluding hydrogens is 262 g/mol. The maximum Gasteiger partial charge on any atom is 0.408 e. The number of aliphatic carboxylic acids is 1. The molecule has 0 fully saturated rings. The molecule has 1 heterocycles. The molecule has 1 unspecified atom stereocenters. The maximum absolute atomic E-state index is 11.6. The van der Waals surface area contributed by atoms with Crippen molar-refractivity contribution in [3.8, 4) is 0 Å². The molecule has 0 aliphatic rings. The van der Waals surface area contributed by atoms with E-state index in [1.54, 1.807) is 38.7 Å². The predicted molar refractivity (Wildman–Crippen MR) is 72.3 cm³/mol. The molecule has 20 heavy (non-hydrogen) atoms. The summed E-state index contributed by atoms with van der Waals surface area (Å²) in [5.41, 5.74) is 0.265. The Bertz CT molecular complexity index is 476. The van der Waals surface area contributed by atoms with Gasteiger partial charge < -0.3 is 15.2 Å². The summed E-state index contributed by atoms with van der Waals surface area (Å²) in [4.78, 5) is 22.7. The molecule has 0 aliphatic carbocycles. The monoisotopic (exact) mass is 283 g/mol. The van der Waals surface area contributed by atoms with Gasteiger partial charge in [0.15, 0.2) is 0 Å². The van der Waals surface area contributed by atoms with Crippen molar-refractivity contribution >= 4 is 12.1 Å². The SMILES string of the molecule is Cn1cc(CCC(NC(=O)OC(C)(C)C)C(=O)O)cn1. The summed E-state index contributed by atoms with van der Waals surface area (Å²) in [7, 11) is 1.79. The van der Waals surface area contributed by atoms with Crippen LogP contribution in [0, 0.1) is 0 Å². The van der Waals surface area contributed by atoms with Crippen LogP contribution in [0.3, 0.4) is 0 Å². The number of aromatic nitrogens is 2. The molecule has 1 aromatic rings. The van der Waals surface area contributed by atoms with E-state index in [1.807, 2.05) is 6.20 Å². The average molecular weight is 283 g/mol. The van der Waals surface area contributed by atoms with Crippen LogP contribution >= 0.6 is 0 Å². The lowest BCUT2D eigenvalue weighted by atomic mass is 10.1. The van der Waals surface area contributed by atoms with E-state index < -0.39 is 23.7 Å². The maximum atomic E-state index is 11.6. The molecule has 1 aromatic heterocycles. The van der Waals surface area contributed by atoms with Gasteiger partial charge in [0.1, 0.15) is 11.6 Å². The number of nitrogens with one attached hydrogen (secondary N) is 1. The first-order chi connectivity index (χ1) is 9.17. The number of aryl methyl sites for hydroxylation is 2. The molecule has 2 N–H and O–H groups in total. The summed E-state index contributed by atoms with van der Waals surface area (Å²) in [6.07, 6.45) is 3.55. The normalized spacial score (nSPS) is 12.8. The number of carbonyl (C=O) groups excluding carboxylic acids is 1. The van der Waals surface area contributed by atoms with Crippen LogP contribution in [0.25, 0.3) is 0 Å². The minimum absolute atomic E-state index is 0.278. The first kappa shape index (κ1) is 16.0. The lowest BCUT2D eigenvalue weighted by Crippen LogP contribution is -2.43. The number of carbonyl (C=O) groups is 2. The Morgan fingerprint density at radius 3 is 2.60 bits per heavy atom. The van der Waals surface area contributed by atoms with Gasteiger partial charge in [-0.05, 0) is 39.2 Å². The Balaban J connectivity index is 2.52. The highest BCUT2D eigenvalue weighted by molar-refractivity contribution is 5.80. The summed E-state index contributed by atoms with van der Waals surface area (Å²) in [6.45, 7) is 5.16. The average Bonchev–Trinajstić information content (AvgIpc) is 2.67. The molecule has 0 aromatic carbocycles. The van der Waals surface area contributed by atoms with Crippen LogP contribution in [-0.2, 0) is 23.0 Å². The van der Waals surface area contributed by atoms with E-state index >= 15 is 0 Å². The fraction of sp³-hybridized carbons (Fsp3) is 0.615. The zero-order valence-corrected chi connectivity index (χ0v) is 12.2. The van der Waals surface area contributed by atoms with Crippen molar-refractivity contribution in [2.24, 2.45) is 7.05 Å². The summed E-state index contributed by atoms with van der Waals surface area (Å²) < 4.78 is 6.69. The first-order valence-electron chi connectivity index (χ1n) is 6.37. The largest absolute Gasteiger partial charge is 0.480 e. The van der Waals surface area contributed by atoms with Gasteiger partial charge in [-0.15, -0.1) is 0 Å². The van der Waals surface area contributed by atoms with Crippen LogP contribution in [0.1, 0.15) is 32.8 Å². The lowest BCUT2D eigenvalue weighted by Gasteiger charge is -2.21. The van der Waals surface area contributed by atoms with E-state index in [0.29, 0.717) is 6.42 Å². The molecule has 0 saturated heterocycles. The molecule has 7 nitrogen and oxygen atoms in total. The second kappa shape index (κ2) is 6.40. The number of hydrogen-bond acceptors (Lipinski definition) is 4. The number of ether oxygens (including phenoxy) is 1. The number of hydrogen-bond donors (Lipinski definition) is 2. The van der Waals surface area contributed by atoms with Gasteiger partial charge in [0.25, 0.3) is 0 Å². The van der Waals surface area contributed by atoms with Crippen molar-refractivity contribution in [1.82, 2.24) is 15.1 Å². The molecule has 0 spiro atoms. The summed E-state index contributed by atoms with van der Waals surface area (Å²) >= 11 is 0. The van der Waals surface area contributed by atoms with Crippen molar-refractivity contribution in [3.63, 3.8) is 0 Å². The van der Waals surface area contributed by atoms with Crippen LogP contribution < -0.4 is 5.32 Å². The van der Waals surface area contributed by atoms with Gasteiger partial charge in [-0.2, -0.15) is 5.10 Å². The predicted octanol–water partition coefficient (Wildman–Crippen LogP) is 1.33. The van der Waals surface area contributed by atoms with E-state index in [2.05, 4.69) is 10.4 Å². The molecule has 1 rings (SSSR count). The third-order valence-corrected chi connectivity index (χ3v) is 2.47. The third kappa shape index (κ3) is 5.73. The van der Waals surface area contributed by atoms with Crippen molar-refractivity contribution in [2.75, 3.05) is 0 Å². The molecule has 0 aliphatic heterocycles. The Morgan fingerprint density at radius 2 is 2.15 bits per heavy atom. The number of alkyl carbamates (subject to hydrolysis) is 1. The zero-order chi connectivity index (χ0) is 15.3. The van der Waals surface area contributed by atoms with Crippen LogP contribution in [0.4, 0.5) is 4.79 Å². The van der Waals surface area contributed by atoms with Crippen LogP contribution in [0.5, 0.6) is 0 Å². The molecule has 112 valence electrons. The third-order valence-electron chi connectivity index (χ3n) is 2.47. The van der Waals surface area contributed by atoms with Gasteiger partial charge in [-0.25, -0.2) is 9.59 Å². The molecule has 1 atom stereocenters. The van der Waals surface area contributed by atoms with Gasteiger partial charge >= 0.3 is 12.1 Å². The van der Waals surface area contributed by atoms with E-state index in [0.717, 1.165) is 5.56 Å². The van der Waals surface area contributed by atoms with E-state index in [4.69, 9.17) is 9.84 Å². The van der Waals surface area contributed by atoms with Gasteiger partial charge in [0, 0.05) is 13.2 Å². The fourth-order valence-electron chi connectivity index (χ4n) is 1.62. The molecule has 0 radical (unpaired) electrons. The first-order valence-corrected chi connectivity index (χ1v) is 6.37. The minimum atomic E-state index is -1.08. The fourth-order valence-corrected chi connectivity index (χ4v) is 1.62. The van der Waals surface area contributed by atoms with E-state index in [9.17, 15) is 9.59 Å². The van der Waals surface area contributed by atoms with Gasteiger partial charge in [-0.3, -0.25) is 4.68 Å². The highest BCUT2D eigenvalue weighted by Crippen LogP contribution is 2.08. The summed E-state index contributed by atoms with van der Waals surface area (Å²) in [5, 5.41) is 15.5. The second-order valence-corrected chi connectivity index (χ2v) is 5.60. The topological polar surface area (TPSA) is 93.5 Å². The molecular formula is C13H21N3O4. The molecule has 0 bridgehead atoms. The van der Waals surface area contributed by atoms with Crippen molar-refractivity contribution in [1.29, 1.82) is 0 Å². The van der Waals surface area contributed by atoms with Gasteiger partial charge in [0.2, 0.25) is 0 Å². The van der Waals surface area contributed by atoms with Gasteiger partial charge in [0.05, 0.1) is 6.20 Å². The summed E-state index contributed by atoms with van der Waals surface area (Å²) in [6, 6.07) is -0.981. The van der Waals surface area contributed by atoms with Crippen LogP contribution in [0.15, 0.2) is 12.4 Å². The Kier molecular flexibility index (Phi) is 5.12. The standard InChI is InChI=1S/C13H21N3O4/c1-13(2,3)20-12(19)15-10(11(17)18)6-5-9-7-14-16(4)8-9/h7-8,10H,5-6H2,1-4H3,(H,15,19)(H,17,18). The zero-order valence-electron chi connectivity index (χ0n) is 12.2. The van der Waals surface area contributed by atoms with E-state index in [1.165, 1.54) is 0 Å². The van der Waals surface area contributed by atoms with Gasteiger partial charge in [-0.1, -0.05) is 0 Å². The summed E-state index contributed by atoms with van der Waals surface area (Å²) in [5.74, 6) is -1.08.